The standard InChI is InChI=1S/C12H22N2O3/c1-9(3-4-12(16)17)13-11-5-7-14(8-6-11)10(2)15/h9,11,13H,3-8H2,1-2H3,(H,16,17). The summed E-state index contributed by atoms with van der Waals surface area (Å²) in [6, 6.07) is 0.634. The van der Waals surface area contributed by atoms with E-state index in [2.05, 4.69) is 5.32 Å². The van der Waals surface area contributed by atoms with Crippen LogP contribution in [-0.4, -0.2) is 47.1 Å². The molecule has 0 spiro atoms. The second-order valence-electron chi connectivity index (χ2n) is 4.78. The molecule has 0 aromatic carbocycles. The minimum Gasteiger partial charge on any atom is -0.481 e. The number of hydrogen-bond acceptors (Lipinski definition) is 3. The summed E-state index contributed by atoms with van der Waals surface area (Å²) in [7, 11) is 0. The van der Waals surface area contributed by atoms with Crippen molar-refractivity contribution in [2.45, 2.75) is 51.6 Å². The Morgan fingerprint density at radius 2 is 2.00 bits per heavy atom. The van der Waals surface area contributed by atoms with E-state index in [-0.39, 0.29) is 18.4 Å². The first kappa shape index (κ1) is 14.0. The normalized spacial score (nSPS) is 19.1. The number of likely N-dealkylation sites (tertiary alicyclic amines) is 1. The van der Waals surface area contributed by atoms with Crippen molar-refractivity contribution in [2.75, 3.05) is 13.1 Å². The molecule has 1 aliphatic rings. The van der Waals surface area contributed by atoms with Gasteiger partial charge >= 0.3 is 5.97 Å². The Morgan fingerprint density at radius 1 is 1.41 bits per heavy atom. The lowest BCUT2D eigenvalue weighted by Gasteiger charge is -2.33. The molecular formula is C12H22N2O3. The Morgan fingerprint density at radius 3 is 2.47 bits per heavy atom. The lowest BCUT2D eigenvalue weighted by Crippen LogP contribution is -2.46. The van der Waals surface area contributed by atoms with Crippen molar-refractivity contribution in [1.82, 2.24) is 10.2 Å². The third-order valence-corrected chi connectivity index (χ3v) is 3.25. The molecule has 1 aliphatic heterocycles. The molecule has 2 N–H and O–H groups in total. The molecule has 0 aliphatic carbocycles. The van der Waals surface area contributed by atoms with Gasteiger partial charge < -0.3 is 15.3 Å². The molecular weight excluding hydrogens is 220 g/mol. The van der Waals surface area contributed by atoms with E-state index in [1.54, 1.807) is 6.92 Å². The van der Waals surface area contributed by atoms with Crippen LogP contribution in [0.15, 0.2) is 0 Å². The van der Waals surface area contributed by atoms with Crippen molar-refractivity contribution in [1.29, 1.82) is 0 Å². The van der Waals surface area contributed by atoms with Crippen LogP contribution < -0.4 is 5.32 Å². The lowest BCUT2D eigenvalue weighted by molar-refractivity contribution is -0.137. The van der Waals surface area contributed by atoms with Crippen LogP contribution in [0.25, 0.3) is 0 Å². The number of carbonyl (C=O) groups is 2. The molecule has 98 valence electrons. The van der Waals surface area contributed by atoms with Gasteiger partial charge in [0.1, 0.15) is 0 Å². The quantitative estimate of drug-likeness (QED) is 0.749. The minimum atomic E-state index is -0.745. The number of amides is 1. The molecule has 0 bridgehead atoms. The van der Waals surface area contributed by atoms with Crippen molar-refractivity contribution in [3.05, 3.63) is 0 Å². The Labute approximate surface area is 102 Å². The van der Waals surface area contributed by atoms with E-state index in [0.717, 1.165) is 25.9 Å². The van der Waals surface area contributed by atoms with E-state index >= 15 is 0 Å². The third-order valence-electron chi connectivity index (χ3n) is 3.25. The van der Waals surface area contributed by atoms with Crippen LogP contribution in [0, 0.1) is 0 Å². The fraction of sp³-hybridized carbons (Fsp3) is 0.833. The molecule has 0 aromatic heterocycles. The van der Waals surface area contributed by atoms with Crippen LogP contribution in [0.1, 0.15) is 39.5 Å². The largest absolute Gasteiger partial charge is 0.481 e. The van der Waals surface area contributed by atoms with Crippen LogP contribution in [0.3, 0.4) is 0 Å². The van der Waals surface area contributed by atoms with Gasteiger partial charge in [-0.15, -0.1) is 0 Å². The minimum absolute atomic E-state index is 0.141. The van der Waals surface area contributed by atoms with Crippen LogP contribution in [0.5, 0.6) is 0 Å². The van der Waals surface area contributed by atoms with Crippen LogP contribution in [0.4, 0.5) is 0 Å². The number of carboxylic acid groups (broad SMARTS) is 1. The van der Waals surface area contributed by atoms with E-state index < -0.39 is 5.97 Å². The number of carbonyl (C=O) groups excluding carboxylic acids is 1. The summed E-state index contributed by atoms with van der Waals surface area (Å²) in [5, 5.41) is 12.0. The highest BCUT2D eigenvalue weighted by Gasteiger charge is 2.21. The van der Waals surface area contributed by atoms with Gasteiger partial charge in [-0.1, -0.05) is 0 Å². The van der Waals surface area contributed by atoms with E-state index in [1.165, 1.54) is 0 Å². The maximum atomic E-state index is 11.1. The number of piperidine rings is 1. The van der Waals surface area contributed by atoms with Gasteiger partial charge in [0.25, 0.3) is 0 Å². The van der Waals surface area contributed by atoms with Crippen molar-refractivity contribution in [3.8, 4) is 0 Å². The number of rotatable bonds is 5. The molecule has 17 heavy (non-hydrogen) atoms. The monoisotopic (exact) mass is 242 g/mol. The number of hydrogen-bond donors (Lipinski definition) is 2. The summed E-state index contributed by atoms with van der Waals surface area (Å²) in [4.78, 5) is 23.4. The highest BCUT2D eigenvalue weighted by molar-refractivity contribution is 5.73. The number of nitrogens with one attached hydrogen (secondary N) is 1. The van der Waals surface area contributed by atoms with Gasteiger partial charge in [-0.05, 0) is 26.2 Å². The van der Waals surface area contributed by atoms with Gasteiger partial charge in [0.15, 0.2) is 0 Å². The molecule has 0 radical (unpaired) electrons. The lowest BCUT2D eigenvalue weighted by atomic mass is 10.0. The van der Waals surface area contributed by atoms with Gasteiger partial charge in [0.2, 0.25) is 5.91 Å². The summed E-state index contributed by atoms with van der Waals surface area (Å²) >= 11 is 0. The van der Waals surface area contributed by atoms with E-state index in [9.17, 15) is 9.59 Å². The van der Waals surface area contributed by atoms with Gasteiger partial charge in [-0.3, -0.25) is 9.59 Å². The summed E-state index contributed by atoms with van der Waals surface area (Å²) in [6.45, 7) is 5.22. The Bertz CT molecular complexity index is 273. The second-order valence-corrected chi connectivity index (χ2v) is 4.78. The predicted molar refractivity (Wildman–Crippen MR) is 64.7 cm³/mol. The first-order chi connectivity index (χ1) is 7.99. The van der Waals surface area contributed by atoms with E-state index in [0.29, 0.717) is 12.5 Å². The molecule has 0 aromatic rings. The number of aliphatic carboxylic acids is 1. The summed E-state index contributed by atoms with van der Waals surface area (Å²) in [5.74, 6) is -0.604. The first-order valence-corrected chi connectivity index (χ1v) is 6.22. The van der Waals surface area contributed by atoms with E-state index in [4.69, 9.17) is 5.11 Å². The SMILES string of the molecule is CC(=O)N1CCC(NC(C)CCC(=O)O)CC1. The third kappa shape index (κ3) is 5.17. The number of carboxylic acids is 1. The highest BCUT2D eigenvalue weighted by Crippen LogP contribution is 2.12. The first-order valence-electron chi connectivity index (χ1n) is 6.22. The van der Waals surface area contributed by atoms with Gasteiger partial charge in [0.05, 0.1) is 0 Å². The fourth-order valence-electron chi connectivity index (χ4n) is 2.19. The molecule has 1 amide bonds. The maximum absolute atomic E-state index is 11.1. The van der Waals surface area contributed by atoms with Gasteiger partial charge in [0, 0.05) is 38.5 Å². The van der Waals surface area contributed by atoms with Crippen molar-refractivity contribution >= 4 is 11.9 Å². The van der Waals surface area contributed by atoms with Crippen molar-refractivity contribution in [3.63, 3.8) is 0 Å². The maximum Gasteiger partial charge on any atom is 0.303 e. The van der Waals surface area contributed by atoms with Crippen LogP contribution in [-0.2, 0) is 9.59 Å². The zero-order chi connectivity index (χ0) is 12.8. The Hall–Kier alpha value is -1.10. The molecule has 1 atom stereocenters. The van der Waals surface area contributed by atoms with Crippen molar-refractivity contribution < 1.29 is 14.7 Å². The topological polar surface area (TPSA) is 69.6 Å². The molecule has 0 saturated carbocycles. The molecule has 1 fully saturated rings. The second kappa shape index (κ2) is 6.59. The average Bonchev–Trinajstić information content (AvgIpc) is 2.27. The fourth-order valence-corrected chi connectivity index (χ4v) is 2.19. The smallest absolute Gasteiger partial charge is 0.303 e. The zero-order valence-corrected chi connectivity index (χ0v) is 10.6. The molecule has 5 nitrogen and oxygen atoms in total. The molecule has 1 saturated heterocycles. The van der Waals surface area contributed by atoms with Crippen LogP contribution in [0.2, 0.25) is 0 Å². The van der Waals surface area contributed by atoms with Crippen molar-refractivity contribution in [2.24, 2.45) is 0 Å². The number of nitrogens with zero attached hydrogens (tertiary/aromatic N) is 1. The average molecular weight is 242 g/mol. The summed E-state index contributed by atoms with van der Waals surface area (Å²) in [5.41, 5.74) is 0. The Kier molecular flexibility index (Phi) is 5.41. The molecule has 1 rings (SSSR count). The zero-order valence-electron chi connectivity index (χ0n) is 10.6. The van der Waals surface area contributed by atoms with E-state index in [1.807, 2.05) is 11.8 Å². The summed E-state index contributed by atoms with van der Waals surface area (Å²) in [6.07, 6.45) is 2.77. The molecule has 1 unspecified atom stereocenters. The molecule has 5 heteroatoms. The van der Waals surface area contributed by atoms with Gasteiger partial charge in [-0.25, -0.2) is 0 Å². The van der Waals surface area contributed by atoms with Gasteiger partial charge in [-0.2, -0.15) is 0 Å². The predicted octanol–water partition coefficient (Wildman–Crippen LogP) is 0.840. The Balaban J connectivity index is 2.21. The molecule has 1 heterocycles. The highest BCUT2D eigenvalue weighted by atomic mass is 16.4. The summed E-state index contributed by atoms with van der Waals surface area (Å²) < 4.78 is 0. The van der Waals surface area contributed by atoms with Crippen LogP contribution >= 0.6 is 0 Å².